The number of carbonyl (C=O) groups excluding carboxylic acids is 1. The highest BCUT2D eigenvalue weighted by molar-refractivity contribution is 5.84. The van der Waals surface area contributed by atoms with Crippen molar-refractivity contribution in [1.29, 1.82) is 0 Å². The van der Waals surface area contributed by atoms with Gasteiger partial charge in [-0.25, -0.2) is 0 Å². The standard InChI is InChI=1S/C14H17NO/c1-10(15-11(2)16)13-8-7-12-5-3-4-6-14(12)9-13/h7-9H,1,3-6H2,2H3,(H,15,16). The molecule has 1 aliphatic carbocycles. The lowest BCUT2D eigenvalue weighted by Crippen LogP contribution is -2.17. The molecule has 1 aromatic carbocycles. The van der Waals surface area contributed by atoms with Crippen LogP contribution in [0, 0.1) is 0 Å². The first-order chi connectivity index (χ1) is 7.66. The number of hydrogen-bond acceptors (Lipinski definition) is 1. The minimum Gasteiger partial charge on any atom is -0.326 e. The van der Waals surface area contributed by atoms with Gasteiger partial charge in [-0.2, -0.15) is 0 Å². The first kappa shape index (κ1) is 10.9. The molecule has 1 aromatic rings. The Labute approximate surface area is 96.4 Å². The minimum absolute atomic E-state index is 0.0669. The third-order valence-electron chi connectivity index (χ3n) is 3.02. The highest BCUT2D eigenvalue weighted by Gasteiger charge is 2.10. The van der Waals surface area contributed by atoms with E-state index in [9.17, 15) is 4.79 Å². The van der Waals surface area contributed by atoms with Crippen molar-refractivity contribution in [3.8, 4) is 0 Å². The van der Waals surface area contributed by atoms with Gasteiger partial charge < -0.3 is 5.32 Å². The third kappa shape index (κ3) is 2.32. The van der Waals surface area contributed by atoms with E-state index in [1.165, 1.54) is 37.3 Å². The number of carbonyl (C=O) groups is 1. The molecule has 0 spiro atoms. The van der Waals surface area contributed by atoms with Crippen LogP contribution >= 0.6 is 0 Å². The lowest BCUT2D eigenvalue weighted by molar-refractivity contribution is -0.117. The molecular weight excluding hydrogens is 198 g/mol. The number of aryl methyl sites for hydroxylation is 2. The van der Waals surface area contributed by atoms with Gasteiger partial charge in [0.1, 0.15) is 0 Å². The average molecular weight is 215 g/mol. The molecule has 0 heterocycles. The van der Waals surface area contributed by atoms with E-state index in [2.05, 4.69) is 24.0 Å². The molecule has 0 atom stereocenters. The predicted octanol–water partition coefficient (Wildman–Crippen LogP) is 2.67. The van der Waals surface area contributed by atoms with Gasteiger partial charge >= 0.3 is 0 Å². The summed E-state index contributed by atoms with van der Waals surface area (Å²) in [5.74, 6) is -0.0669. The largest absolute Gasteiger partial charge is 0.326 e. The summed E-state index contributed by atoms with van der Waals surface area (Å²) in [5.41, 5.74) is 4.58. The molecule has 0 saturated heterocycles. The van der Waals surface area contributed by atoms with Crippen molar-refractivity contribution in [2.24, 2.45) is 0 Å². The Hall–Kier alpha value is -1.57. The molecule has 0 aromatic heterocycles. The predicted molar refractivity (Wildman–Crippen MR) is 65.9 cm³/mol. The van der Waals surface area contributed by atoms with E-state index in [0.29, 0.717) is 5.70 Å². The smallest absolute Gasteiger partial charge is 0.221 e. The Bertz CT molecular complexity index is 434. The van der Waals surface area contributed by atoms with Crippen molar-refractivity contribution in [2.45, 2.75) is 32.6 Å². The van der Waals surface area contributed by atoms with Crippen molar-refractivity contribution < 1.29 is 4.79 Å². The molecule has 1 aliphatic rings. The highest BCUT2D eigenvalue weighted by Crippen LogP contribution is 2.23. The van der Waals surface area contributed by atoms with Gasteiger partial charge in [-0.3, -0.25) is 4.79 Å². The fraction of sp³-hybridized carbons (Fsp3) is 0.357. The first-order valence-electron chi connectivity index (χ1n) is 5.75. The van der Waals surface area contributed by atoms with E-state index in [0.717, 1.165) is 12.0 Å². The topological polar surface area (TPSA) is 29.1 Å². The molecule has 0 bridgehead atoms. The minimum atomic E-state index is -0.0669. The van der Waals surface area contributed by atoms with Crippen molar-refractivity contribution in [3.63, 3.8) is 0 Å². The Balaban J connectivity index is 2.23. The molecule has 1 N–H and O–H groups in total. The highest BCUT2D eigenvalue weighted by atomic mass is 16.1. The summed E-state index contributed by atoms with van der Waals surface area (Å²) >= 11 is 0. The molecule has 84 valence electrons. The molecule has 0 fully saturated rings. The van der Waals surface area contributed by atoms with Crippen molar-refractivity contribution in [1.82, 2.24) is 5.32 Å². The molecule has 2 rings (SSSR count). The lowest BCUT2D eigenvalue weighted by Gasteiger charge is -2.17. The third-order valence-corrected chi connectivity index (χ3v) is 3.02. The second-order valence-corrected chi connectivity index (χ2v) is 4.35. The number of rotatable bonds is 2. The van der Waals surface area contributed by atoms with Crippen molar-refractivity contribution in [3.05, 3.63) is 41.5 Å². The van der Waals surface area contributed by atoms with E-state index >= 15 is 0 Å². The molecule has 16 heavy (non-hydrogen) atoms. The quantitative estimate of drug-likeness (QED) is 0.807. The summed E-state index contributed by atoms with van der Waals surface area (Å²) in [6.45, 7) is 5.39. The van der Waals surface area contributed by atoms with Crippen molar-refractivity contribution in [2.75, 3.05) is 0 Å². The summed E-state index contributed by atoms with van der Waals surface area (Å²) in [7, 11) is 0. The monoisotopic (exact) mass is 215 g/mol. The maximum absolute atomic E-state index is 10.9. The van der Waals surface area contributed by atoms with Gasteiger partial charge in [0, 0.05) is 12.6 Å². The Morgan fingerprint density at radius 1 is 1.25 bits per heavy atom. The van der Waals surface area contributed by atoms with Gasteiger partial charge in [-0.05, 0) is 48.4 Å². The van der Waals surface area contributed by atoms with Crippen LogP contribution in [0.1, 0.15) is 36.5 Å². The SMILES string of the molecule is C=C(NC(C)=O)c1ccc2c(c1)CCCC2. The summed E-state index contributed by atoms with van der Waals surface area (Å²) in [4.78, 5) is 10.9. The molecule has 0 radical (unpaired) electrons. The fourth-order valence-electron chi connectivity index (χ4n) is 2.21. The van der Waals surface area contributed by atoms with Crippen LogP contribution in [0.15, 0.2) is 24.8 Å². The zero-order valence-corrected chi connectivity index (χ0v) is 9.68. The maximum Gasteiger partial charge on any atom is 0.221 e. The lowest BCUT2D eigenvalue weighted by atomic mass is 9.90. The summed E-state index contributed by atoms with van der Waals surface area (Å²) < 4.78 is 0. The van der Waals surface area contributed by atoms with Gasteiger partial charge in [0.05, 0.1) is 0 Å². The maximum atomic E-state index is 10.9. The molecule has 2 heteroatoms. The van der Waals surface area contributed by atoms with E-state index in [1.807, 2.05) is 6.07 Å². The van der Waals surface area contributed by atoms with E-state index in [4.69, 9.17) is 0 Å². The molecule has 2 nitrogen and oxygen atoms in total. The van der Waals surface area contributed by atoms with Crippen LogP contribution in [-0.4, -0.2) is 5.91 Å². The summed E-state index contributed by atoms with van der Waals surface area (Å²) in [5, 5.41) is 2.73. The van der Waals surface area contributed by atoms with Crippen LogP contribution in [-0.2, 0) is 17.6 Å². The molecular formula is C14H17NO. The number of nitrogens with one attached hydrogen (secondary N) is 1. The van der Waals surface area contributed by atoms with E-state index in [1.54, 1.807) is 0 Å². The van der Waals surface area contributed by atoms with Crippen LogP contribution < -0.4 is 5.32 Å². The Morgan fingerprint density at radius 3 is 2.62 bits per heavy atom. The number of hydrogen-bond donors (Lipinski definition) is 1. The van der Waals surface area contributed by atoms with Gasteiger partial charge in [0.25, 0.3) is 0 Å². The fourth-order valence-corrected chi connectivity index (χ4v) is 2.21. The molecule has 0 saturated carbocycles. The van der Waals surface area contributed by atoms with Crippen LogP contribution in [0.25, 0.3) is 5.70 Å². The van der Waals surface area contributed by atoms with Gasteiger partial charge in [-0.15, -0.1) is 0 Å². The zero-order valence-electron chi connectivity index (χ0n) is 9.68. The number of amides is 1. The zero-order chi connectivity index (χ0) is 11.5. The second-order valence-electron chi connectivity index (χ2n) is 4.35. The molecule has 0 unspecified atom stereocenters. The second kappa shape index (κ2) is 4.52. The van der Waals surface area contributed by atoms with Crippen LogP contribution in [0.5, 0.6) is 0 Å². The van der Waals surface area contributed by atoms with Gasteiger partial charge in [0.15, 0.2) is 0 Å². The molecule has 1 amide bonds. The van der Waals surface area contributed by atoms with Crippen LogP contribution in [0.3, 0.4) is 0 Å². The summed E-state index contributed by atoms with van der Waals surface area (Å²) in [6, 6.07) is 6.37. The Morgan fingerprint density at radius 2 is 1.94 bits per heavy atom. The Kier molecular flexibility index (Phi) is 3.09. The van der Waals surface area contributed by atoms with E-state index < -0.39 is 0 Å². The number of benzene rings is 1. The van der Waals surface area contributed by atoms with Crippen molar-refractivity contribution >= 4 is 11.6 Å². The number of fused-ring (bicyclic) bond motifs is 1. The average Bonchev–Trinajstić information content (AvgIpc) is 2.27. The van der Waals surface area contributed by atoms with Gasteiger partial charge in [-0.1, -0.05) is 18.7 Å². The van der Waals surface area contributed by atoms with Gasteiger partial charge in [0.2, 0.25) is 5.91 Å². The normalized spacial score (nSPS) is 14.1. The van der Waals surface area contributed by atoms with Crippen LogP contribution in [0.2, 0.25) is 0 Å². The summed E-state index contributed by atoms with van der Waals surface area (Å²) in [6.07, 6.45) is 4.89. The van der Waals surface area contributed by atoms with E-state index in [-0.39, 0.29) is 5.91 Å². The van der Waals surface area contributed by atoms with Crippen LogP contribution in [0.4, 0.5) is 0 Å². The molecule has 0 aliphatic heterocycles. The first-order valence-corrected chi connectivity index (χ1v) is 5.75.